The van der Waals surface area contributed by atoms with Crippen LogP contribution in [0.25, 0.3) is 0 Å². The summed E-state index contributed by atoms with van der Waals surface area (Å²) in [5.41, 5.74) is 0. The predicted molar refractivity (Wildman–Crippen MR) is 64.1 cm³/mol. The van der Waals surface area contributed by atoms with E-state index in [0.717, 1.165) is 38.6 Å². The molecule has 92 valence electrons. The van der Waals surface area contributed by atoms with Crippen LogP contribution >= 0.6 is 0 Å². The molecule has 4 heteroatoms. The third-order valence-electron chi connectivity index (χ3n) is 3.35. The third kappa shape index (κ3) is 4.48. The molecule has 1 saturated heterocycles. The monoisotopic (exact) mass is 225 g/mol. The number of nitrogens with zero attached hydrogens (tertiary/aromatic N) is 2. The largest absolute Gasteiger partial charge is 0.384 e. The summed E-state index contributed by atoms with van der Waals surface area (Å²) in [7, 11) is 3.62. The van der Waals surface area contributed by atoms with Gasteiger partial charge in [-0.2, -0.15) is 5.26 Å². The maximum Gasteiger partial charge on any atom is 0.0962 e. The number of hydrogen-bond acceptors (Lipinski definition) is 4. The van der Waals surface area contributed by atoms with E-state index in [4.69, 9.17) is 10.00 Å². The highest BCUT2D eigenvalue weighted by Gasteiger charge is 2.19. The Bertz CT molecular complexity index is 219. The van der Waals surface area contributed by atoms with E-state index < -0.39 is 0 Å². The van der Waals surface area contributed by atoms with Gasteiger partial charge in [0.1, 0.15) is 0 Å². The minimum Gasteiger partial charge on any atom is -0.384 e. The van der Waals surface area contributed by atoms with Gasteiger partial charge in [-0.15, -0.1) is 0 Å². The van der Waals surface area contributed by atoms with Crippen LogP contribution in [-0.2, 0) is 4.74 Å². The van der Waals surface area contributed by atoms with E-state index in [1.807, 2.05) is 7.05 Å². The summed E-state index contributed by atoms with van der Waals surface area (Å²) >= 11 is 0. The van der Waals surface area contributed by atoms with Crippen molar-refractivity contribution in [3.8, 4) is 6.07 Å². The first kappa shape index (κ1) is 13.4. The number of likely N-dealkylation sites (tertiary alicyclic amines) is 1. The Kier molecular flexibility index (Phi) is 6.39. The normalized spacial score (nSPS) is 20.6. The van der Waals surface area contributed by atoms with Crippen molar-refractivity contribution in [2.24, 2.45) is 5.92 Å². The number of piperidine rings is 1. The molecule has 0 spiro atoms. The summed E-state index contributed by atoms with van der Waals surface area (Å²) in [6.07, 6.45) is 3.37. The van der Waals surface area contributed by atoms with Gasteiger partial charge in [0.2, 0.25) is 0 Å². The lowest BCUT2D eigenvalue weighted by atomic mass is 9.97. The number of nitrogens with one attached hydrogen (secondary N) is 1. The molecule has 0 radical (unpaired) electrons. The van der Waals surface area contributed by atoms with Crippen LogP contribution in [0.3, 0.4) is 0 Å². The van der Waals surface area contributed by atoms with Crippen molar-refractivity contribution in [2.45, 2.75) is 25.3 Å². The SMILES string of the molecule is CNC(C#N)CCN1CCC(COC)CC1. The highest BCUT2D eigenvalue weighted by Crippen LogP contribution is 2.17. The van der Waals surface area contributed by atoms with Crippen LogP contribution in [0.2, 0.25) is 0 Å². The Balaban J connectivity index is 2.15. The molecule has 0 amide bonds. The van der Waals surface area contributed by atoms with Crippen molar-refractivity contribution >= 4 is 0 Å². The number of rotatable bonds is 6. The van der Waals surface area contributed by atoms with Crippen molar-refractivity contribution in [1.29, 1.82) is 5.26 Å². The molecule has 0 bridgehead atoms. The molecule has 0 aliphatic carbocycles. The number of hydrogen-bond donors (Lipinski definition) is 1. The maximum absolute atomic E-state index is 8.82. The molecule has 1 aliphatic heterocycles. The average molecular weight is 225 g/mol. The van der Waals surface area contributed by atoms with Gasteiger partial charge in [-0.25, -0.2) is 0 Å². The summed E-state index contributed by atoms with van der Waals surface area (Å²) in [5, 5.41) is 11.8. The van der Waals surface area contributed by atoms with Gasteiger partial charge < -0.3 is 15.0 Å². The Morgan fingerprint density at radius 1 is 1.50 bits per heavy atom. The molecule has 1 unspecified atom stereocenters. The molecule has 1 rings (SSSR count). The first-order valence-corrected chi connectivity index (χ1v) is 6.08. The van der Waals surface area contributed by atoms with E-state index in [2.05, 4.69) is 16.3 Å². The Morgan fingerprint density at radius 2 is 2.19 bits per heavy atom. The van der Waals surface area contributed by atoms with Gasteiger partial charge in [-0.1, -0.05) is 0 Å². The topological polar surface area (TPSA) is 48.3 Å². The molecule has 1 atom stereocenters. The first-order chi connectivity index (χ1) is 7.80. The standard InChI is InChI=1S/C12H23N3O/c1-14-12(9-13)5-8-15-6-3-11(4-7-15)10-16-2/h11-12,14H,3-8,10H2,1-2H3. The summed E-state index contributed by atoms with van der Waals surface area (Å²) in [6, 6.07) is 2.26. The number of ether oxygens (including phenoxy) is 1. The second-order valence-electron chi connectivity index (χ2n) is 4.50. The fraction of sp³-hybridized carbons (Fsp3) is 0.917. The van der Waals surface area contributed by atoms with Crippen molar-refractivity contribution in [3.05, 3.63) is 0 Å². The van der Waals surface area contributed by atoms with Gasteiger partial charge in [0.15, 0.2) is 0 Å². The molecule has 0 aromatic carbocycles. The molecule has 1 fully saturated rings. The summed E-state index contributed by atoms with van der Waals surface area (Å²) in [4.78, 5) is 2.45. The van der Waals surface area contributed by atoms with Crippen molar-refractivity contribution in [3.63, 3.8) is 0 Å². The van der Waals surface area contributed by atoms with Crippen LogP contribution in [0.1, 0.15) is 19.3 Å². The average Bonchev–Trinajstić information content (AvgIpc) is 2.33. The zero-order chi connectivity index (χ0) is 11.8. The van der Waals surface area contributed by atoms with Gasteiger partial charge in [-0.05, 0) is 45.3 Å². The zero-order valence-electron chi connectivity index (χ0n) is 10.4. The fourth-order valence-electron chi connectivity index (χ4n) is 2.20. The molecule has 0 saturated carbocycles. The van der Waals surface area contributed by atoms with Crippen molar-refractivity contribution < 1.29 is 4.74 Å². The summed E-state index contributed by atoms with van der Waals surface area (Å²) < 4.78 is 5.18. The van der Waals surface area contributed by atoms with Gasteiger partial charge in [0.05, 0.1) is 12.1 Å². The maximum atomic E-state index is 8.82. The highest BCUT2D eigenvalue weighted by molar-refractivity contribution is 4.89. The van der Waals surface area contributed by atoms with Crippen LogP contribution in [0.5, 0.6) is 0 Å². The van der Waals surface area contributed by atoms with Gasteiger partial charge >= 0.3 is 0 Å². The van der Waals surface area contributed by atoms with Gasteiger partial charge in [0, 0.05) is 20.3 Å². The molecule has 1 aliphatic rings. The second-order valence-corrected chi connectivity index (χ2v) is 4.50. The molecular formula is C12H23N3O. The summed E-state index contributed by atoms with van der Waals surface area (Å²) in [6.45, 7) is 4.22. The molecular weight excluding hydrogens is 202 g/mol. The van der Waals surface area contributed by atoms with Crippen LogP contribution in [0.4, 0.5) is 0 Å². The quantitative estimate of drug-likeness (QED) is 0.728. The predicted octanol–water partition coefficient (Wildman–Crippen LogP) is 0.846. The fourth-order valence-corrected chi connectivity index (χ4v) is 2.20. The van der Waals surface area contributed by atoms with Crippen LogP contribution in [0.15, 0.2) is 0 Å². The van der Waals surface area contributed by atoms with E-state index in [1.165, 1.54) is 12.8 Å². The second kappa shape index (κ2) is 7.61. The molecule has 4 nitrogen and oxygen atoms in total. The Hall–Kier alpha value is -0.630. The molecule has 16 heavy (non-hydrogen) atoms. The van der Waals surface area contributed by atoms with E-state index in [1.54, 1.807) is 7.11 Å². The number of methoxy groups -OCH3 is 1. The van der Waals surface area contributed by atoms with Crippen molar-refractivity contribution in [2.75, 3.05) is 40.4 Å². The van der Waals surface area contributed by atoms with E-state index >= 15 is 0 Å². The van der Waals surface area contributed by atoms with E-state index in [-0.39, 0.29) is 6.04 Å². The number of nitriles is 1. The third-order valence-corrected chi connectivity index (χ3v) is 3.35. The van der Waals surface area contributed by atoms with Gasteiger partial charge in [0.25, 0.3) is 0 Å². The van der Waals surface area contributed by atoms with Crippen LogP contribution < -0.4 is 5.32 Å². The minimum absolute atomic E-state index is 0.00306. The lowest BCUT2D eigenvalue weighted by Gasteiger charge is -2.31. The van der Waals surface area contributed by atoms with Crippen molar-refractivity contribution in [1.82, 2.24) is 10.2 Å². The molecule has 1 N–H and O–H groups in total. The van der Waals surface area contributed by atoms with E-state index in [0.29, 0.717) is 0 Å². The van der Waals surface area contributed by atoms with E-state index in [9.17, 15) is 0 Å². The smallest absolute Gasteiger partial charge is 0.0962 e. The Morgan fingerprint density at radius 3 is 2.69 bits per heavy atom. The lowest BCUT2D eigenvalue weighted by Crippen LogP contribution is -2.38. The highest BCUT2D eigenvalue weighted by atomic mass is 16.5. The molecule has 0 aromatic heterocycles. The van der Waals surface area contributed by atoms with Crippen LogP contribution in [0, 0.1) is 17.2 Å². The van der Waals surface area contributed by atoms with Gasteiger partial charge in [-0.3, -0.25) is 0 Å². The Labute approximate surface area is 98.6 Å². The molecule has 0 aromatic rings. The summed E-state index contributed by atoms with van der Waals surface area (Å²) in [5.74, 6) is 0.734. The minimum atomic E-state index is -0.00306. The van der Waals surface area contributed by atoms with Crippen LogP contribution in [-0.4, -0.2) is 51.3 Å². The first-order valence-electron chi connectivity index (χ1n) is 6.08. The molecule has 1 heterocycles. The lowest BCUT2D eigenvalue weighted by molar-refractivity contribution is 0.0985. The zero-order valence-corrected chi connectivity index (χ0v) is 10.4.